The molecule has 2 aromatic heterocycles. The Kier molecular flexibility index (Phi) is 4.77. The average molecular weight is 278 g/mol. The van der Waals surface area contributed by atoms with E-state index in [0.29, 0.717) is 5.92 Å². The molecule has 2 heterocycles. The Bertz CT molecular complexity index is 528. The smallest absolute Gasteiger partial charge is 0.127 e. The number of nitrogens with zero attached hydrogens (tertiary/aromatic N) is 1. The minimum absolute atomic E-state index is 0.675. The van der Waals surface area contributed by atoms with Crippen LogP contribution in [-0.4, -0.2) is 11.5 Å². The molecule has 0 unspecified atom stereocenters. The Hall–Kier alpha value is -1.13. The van der Waals surface area contributed by atoms with Gasteiger partial charge in [0.1, 0.15) is 10.8 Å². The number of nitrogens with one attached hydrogen (secondary N) is 1. The molecule has 2 rings (SSSR count). The van der Waals surface area contributed by atoms with E-state index in [1.165, 1.54) is 10.6 Å². The summed E-state index contributed by atoms with van der Waals surface area (Å²) in [5.41, 5.74) is 2.33. The molecule has 0 aromatic carbocycles. The van der Waals surface area contributed by atoms with Gasteiger partial charge in [-0.25, -0.2) is 4.98 Å². The third kappa shape index (κ3) is 3.45. The number of hydrogen-bond acceptors (Lipinski definition) is 4. The van der Waals surface area contributed by atoms with E-state index in [-0.39, 0.29) is 0 Å². The quantitative estimate of drug-likeness (QED) is 0.867. The molecule has 19 heavy (non-hydrogen) atoms. The van der Waals surface area contributed by atoms with Gasteiger partial charge in [0.2, 0.25) is 0 Å². The summed E-state index contributed by atoms with van der Waals surface area (Å²) in [7, 11) is 0. The van der Waals surface area contributed by atoms with Gasteiger partial charge in [-0.3, -0.25) is 0 Å². The molecule has 104 valence electrons. The topological polar surface area (TPSA) is 38.1 Å². The van der Waals surface area contributed by atoms with E-state index in [9.17, 15) is 0 Å². The number of rotatable bonds is 6. The van der Waals surface area contributed by atoms with Crippen LogP contribution < -0.4 is 5.32 Å². The average Bonchev–Trinajstić information content (AvgIpc) is 2.94. The first kappa shape index (κ1) is 14.3. The lowest BCUT2D eigenvalue weighted by Crippen LogP contribution is -2.18. The summed E-state index contributed by atoms with van der Waals surface area (Å²) >= 11 is 1.77. The highest BCUT2D eigenvalue weighted by molar-refractivity contribution is 7.15. The van der Waals surface area contributed by atoms with E-state index < -0.39 is 0 Å². The third-order valence-corrected chi connectivity index (χ3v) is 4.17. The largest absolute Gasteiger partial charge is 0.469 e. The lowest BCUT2D eigenvalue weighted by Gasteiger charge is -2.06. The molecule has 0 fully saturated rings. The van der Waals surface area contributed by atoms with Crippen molar-refractivity contribution < 1.29 is 4.42 Å². The molecule has 4 heteroatoms. The van der Waals surface area contributed by atoms with Gasteiger partial charge in [-0.05, 0) is 31.9 Å². The maximum atomic E-state index is 5.37. The summed E-state index contributed by atoms with van der Waals surface area (Å²) in [6.07, 6.45) is 2.71. The molecule has 0 aliphatic heterocycles. The molecule has 0 bridgehead atoms. The zero-order valence-electron chi connectivity index (χ0n) is 12.1. The first-order valence-corrected chi connectivity index (χ1v) is 7.67. The normalized spacial score (nSPS) is 11.4. The lowest BCUT2D eigenvalue weighted by molar-refractivity contribution is 0.535. The fraction of sp³-hybridized carbons (Fsp3) is 0.533. The highest BCUT2D eigenvalue weighted by Crippen LogP contribution is 2.31. The van der Waals surface area contributed by atoms with Gasteiger partial charge in [0, 0.05) is 11.4 Å². The van der Waals surface area contributed by atoms with Crippen LogP contribution in [0.1, 0.15) is 37.1 Å². The Balaban J connectivity index is 2.16. The summed E-state index contributed by atoms with van der Waals surface area (Å²) in [5.74, 6) is 1.62. The van der Waals surface area contributed by atoms with Crippen molar-refractivity contribution in [3.8, 4) is 10.6 Å². The van der Waals surface area contributed by atoms with Crippen molar-refractivity contribution in [2.45, 2.75) is 40.7 Å². The summed E-state index contributed by atoms with van der Waals surface area (Å²) < 4.78 is 5.37. The van der Waals surface area contributed by atoms with Gasteiger partial charge in [0.25, 0.3) is 0 Å². The lowest BCUT2D eigenvalue weighted by atomic mass is 10.2. The fourth-order valence-electron chi connectivity index (χ4n) is 1.99. The monoisotopic (exact) mass is 278 g/mol. The number of aromatic nitrogens is 1. The van der Waals surface area contributed by atoms with E-state index in [4.69, 9.17) is 9.40 Å². The number of aryl methyl sites for hydroxylation is 2. The zero-order valence-corrected chi connectivity index (χ0v) is 12.9. The van der Waals surface area contributed by atoms with Crippen LogP contribution in [0.5, 0.6) is 0 Å². The van der Waals surface area contributed by atoms with Crippen molar-refractivity contribution in [2.24, 2.45) is 5.92 Å². The van der Waals surface area contributed by atoms with Crippen molar-refractivity contribution in [3.63, 3.8) is 0 Å². The maximum absolute atomic E-state index is 5.37. The standard InChI is InChI=1S/C15H22N2OS/c1-5-13-14(9-16-8-10(2)3)19-15(17-13)12-6-7-18-11(12)4/h6-7,10,16H,5,8-9H2,1-4H3. The van der Waals surface area contributed by atoms with Gasteiger partial charge < -0.3 is 9.73 Å². The molecule has 0 atom stereocenters. The van der Waals surface area contributed by atoms with Gasteiger partial charge in [-0.15, -0.1) is 11.3 Å². The van der Waals surface area contributed by atoms with Gasteiger partial charge >= 0.3 is 0 Å². The van der Waals surface area contributed by atoms with Gasteiger partial charge in [-0.2, -0.15) is 0 Å². The van der Waals surface area contributed by atoms with Crippen molar-refractivity contribution in [2.75, 3.05) is 6.54 Å². The van der Waals surface area contributed by atoms with Gasteiger partial charge in [-0.1, -0.05) is 20.8 Å². The summed E-state index contributed by atoms with van der Waals surface area (Å²) in [4.78, 5) is 6.09. The fourth-order valence-corrected chi connectivity index (χ4v) is 3.19. The molecule has 0 amide bonds. The second kappa shape index (κ2) is 6.35. The van der Waals surface area contributed by atoms with E-state index >= 15 is 0 Å². The number of hydrogen-bond donors (Lipinski definition) is 1. The van der Waals surface area contributed by atoms with E-state index in [1.807, 2.05) is 13.0 Å². The van der Waals surface area contributed by atoms with Gasteiger partial charge in [0.05, 0.1) is 17.5 Å². The van der Waals surface area contributed by atoms with Crippen LogP contribution in [-0.2, 0) is 13.0 Å². The molecule has 0 aliphatic carbocycles. The van der Waals surface area contributed by atoms with Crippen molar-refractivity contribution in [3.05, 3.63) is 28.7 Å². The van der Waals surface area contributed by atoms with Gasteiger partial charge in [0.15, 0.2) is 0 Å². The molecule has 2 aromatic rings. The zero-order chi connectivity index (χ0) is 13.8. The maximum Gasteiger partial charge on any atom is 0.127 e. The number of furan rings is 1. The Labute approximate surface area is 119 Å². The predicted octanol–water partition coefficient (Wildman–Crippen LogP) is 4.02. The minimum atomic E-state index is 0.675. The molecule has 1 N–H and O–H groups in total. The molecule has 0 aliphatic rings. The molecule has 0 radical (unpaired) electrons. The highest BCUT2D eigenvalue weighted by atomic mass is 32.1. The van der Waals surface area contributed by atoms with Crippen LogP contribution in [0.3, 0.4) is 0 Å². The van der Waals surface area contributed by atoms with E-state index in [2.05, 4.69) is 26.1 Å². The van der Waals surface area contributed by atoms with Crippen LogP contribution in [0.2, 0.25) is 0 Å². The third-order valence-electron chi connectivity index (χ3n) is 3.04. The predicted molar refractivity (Wildman–Crippen MR) is 80.5 cm³/mol. The first-order chi connectivity index (χ1) is 9.11. The van der Waals surface area contributed by atoms with E-state index in [1.54, 1.807) is 17.6 Å². The molecular formula is C15H22N2OS. The van der Waals surface area contributed by atoms with Crippen LogP contribution in [0.25, 0.3) is 10.6 Å². The summed E-state index contributed by atoms with van der Waals surface area (Å²) in [6.45, 7) is 10.5. The van der Waals surface area contributed by atoms with Crippen LogP contribution in [0.4, 0.5) is 0 Å². The van der Waals surface area contributed by atoms with Crippen LogP contribution in [0.15, 0.2) is 16.7 Å². The molecule has 0 spiro atoms. The Morgan fingerprint density at radius 3 is 2.79 bits per heavy atom. The summed E-state index contributed by atoms with van der Waals surface area (Å²) in [6, 6.07) is 2.00. The van der Waals surface area contributed by atoms with E-state index in [0.717, 1.165) is 35.8 Å². The van der Waals surface area contributed by atoms with Crippen LogP contribution in [0, 0.1) is 12.8 Å². The second-order valence-electron chi connectivity index (χ2n) is 5.16. The molecule has 0 saturated carbocycles. The molecule has 3 nitrogen and oxygen atoms in total. The SMILES string of the molecule is CCc1nc(-c2ccoc2C)sc1CNCC(C)C. The first-order valence-electron chi connectivity index (χ1n) is 6.85. The Morgan fingerprint density at radius 2 is 2.21 bits per heavy atom. The molecular weight excluding hydrogens is 256 g/mol. The van der Waals surface area contributed by atoms with Crippen molar-refractivity contribution in [1.29, 1.82) is 0 Å². The van der Waals surface area contributed by atoms with Crippen molar-refractivity contribution >= 4 is 11.3 Å². The number of thiazole rings is 1. The summed E-state index contributed by atoms with van der Waals surface area (Å²) in [5, 5.41) is 4.57. The highest BCUT2D eigenvalue weighted by Gasteiger charge is 2.14. The van der Waals surface area contributed by atoms with Crippen molar-refractivity contribution in [1.82, 2.24) is 10.3 Å². The van der Waals surface area contributed by atoms with Crippen LogP contribution >= 0.6 is 11.3 Å². The minimum Gasteiger partial charge on any atom is -0.469 e. The Morgan fingerprint density at radius 1 is 1.42 bits per heavy atom. The molecule has 0 saturated heterocycles. The second-order valence-corrected chi connectivity index (χ2v) is 6.24.